The molecule has 0 aliphatic carbocycles. The minimum absolute atomic E-state index is 0.101. The zero-order chi connectivity index (χ0) is 12.5. The molecular formula is C12H16ClNO2. The molecule has 16 heavy (non-hydrogen) atoms. The maximum Gasteiger partial charge on any atom is 0.179 e. The summed E-state index contributed by atoms with van der Waals surface area (Å²) in [6.07, 6.45) is 0. The highest BCUT2D eigenvalue weighted by Crippen LogP contribution is 2.34. The first kappa shape index (κ1) is 13.0. The third kappa shape index (κ3) is 2.20. The van der Waals surface area contributed by atoms with Gasteiger partial charge in [-0.2, -0.15) is 0 Å². The lowest BCUT2D eigenvalue weighted by molar-refractivity contribution is 0.0967. The molecule has 0 radical (unpaired) electrons. The average Bonchev–Trinajstić information content (AvgIpc) is 2.23. The molecule has 0 heterocycles. The molecule has 4 heteroatoms. The van der Waals surface area contributed by atoms with Gasteiger partial charge in [-0.05, 0) is 32.4 Å². The number of Topliss-reactive ketones (excluding diaryl/α,β-unsaturated/α-hetero) is 1. The van der Waals surface area contributed by atoms with Crippen molar-refractivity contribution in [2.75, 3.05) is 7.11 Å². The predicted molar refractivity (Wildman–Crippen MR) is 65.5 cm³/mol. The predicted octanol–water partition coefficient (Wildman–Crippen LogP) is 2.50. The van der Waals surface area contributed by atoms with E-state index in [1.807, 2.05) is 6.92 Å². The van der Waals surface area contributed by atoms with Crippen LogP contribution >= 0.6 is 11.6 Å². The Hall–Kier alpha value is -1.06. The van der Waals surface area contributed by atoms with Crippen LogP contribution in [0.25, 0.3) is 0 Å². The van der Waals surface area contributed by atoms with Crippen molar-refractivity contribution in [3.8, 4) is 5.75 Å². The van der Waals surface area contributed by atoms with Crippen LogP contribution < -0.4 is 10.5 Å². The number of carbonyl (C=O) groups is 1. The van der Waals surface area contributed by atoms with Crippen molar-refractivity contribution in [2.45, 2.75) is 26.8 Å². The molecule has 2 N–H and O–H groups in total. The van der Waals surface area contributed by atoms with Gasteiger partial charge in [0.2, 0.25) is 0 Å². The molecule has 3 nitrogen and oxygen atoms in total. The first-order valence-corrected chi connectivity index (χ1v) is 5.41. The second-order valence-corrected chi connectivity index (χ2v) is 4.24. The smallest absolute Gasteiger partial charge is 0.179 e. The molecule has 0 fully saturated rings. The van der Waals surface area contributed by atoms with Crippen LogP contribution in [0.2, 0.25) is 5.02 Å². The van der Waals surface area contributed by atoms with Gasteiger partial charge in [0, 0.05) is 11.1 Å². The van der Waals surface area contributed by atoms with Crippen LogP contribution in [0, 0.1) is 13.8 Å². The summed E-state index contributed by atoms with van der Waals surface area (Å²) in [5.74, 6) is 0.446. The third-order valence-electron chi connectivity index (χ3n) is 2.53. The number of benzene rings is 1. The normalized spacial score (nSPS) is 12.4. The number of ketones is 1. The lowest BCUT2D eigenvalue weighted by Gasteiger charge is -2.15. The number of rotatable bonds is 3. The van der Waals surface area contributed by atoms with Crippen molar-refractivity contribution in [2.24, 2.45) is 5.73 Å². The van der Waals surface area contributed by atoms with Crippen LogP contribution in [0.4, 0.5) is 0 Å². The summed E-state index contributed by atoms with van der Waals surface area (Å²) in [6.45, 7) is 5.31. The lowest BCUT2D eigenvalue weighted by Crippen LogP contribution is -2.27. The van der Waals surface area contributed by atoms with Gasteiger partial charge < -0.3 is 10.5 Å². The number of hydrogen-bond acceptors (Lipinski definition) is 3. The second-order valence-electron chi connectivity index (χ2n) is 3.87. The first-order chi connectivity index (χ1) is 7.40. The van der Waals surface area contributed by atoms with E-state index in [2.05, 4.69) is 0 Å². The van der Waals surface area contributed by atoms with E-state index in [1.54, 1.807) is 19.9 Å². The Morgan fingerprint density at radius 3 is 2.50 bits per heavy atom. The SMILES string of the molecule is COc1c(C)c(C(=O)C(C)N)cc(C)c1Cl. The number of carbonyl (C=O) groups excluding carboxylic acids is 1. The third-order valence-corrected chi connectivity index (χ3v) is 3.00. The van der Waals surface area contributed by atoms with Gasteiger partial charge in [0.15, 0.2) is 5.78 Å². The van der Waals surface area contributed by atoms with Crippen LogP contribution in [0.15, 0.2) is 6.07 Å². The summed E-state index contributed by atoms with van der Waals surface area (Å²) < 4.78 is 5.20. The van der Waals surface area contributed by atoms with E-state index in [4.69, 9.17) is 22.1 Å². The van der Waals surface area contributed by atoms with Gasteiger partial charge in [-0.1, -0.05) is 11.6 Å². The number of halogens is 1. The van der Waals surface area contributed by atoms with Gasteiger partial charge in [-0.15, -0.1) is 0 Å². The zero-order valence-electron chi connectivity index (χ0n) is 9.93. The largest absolute Gasteiger partial charge is 0.495 e. The Morgan fingerprint density at radius 2 is 2.06 bits per heavy atom. The maximum atomic E-state index is 11.9. The van der Waals surface area contributed by atoms with Gasteiger partial charge in [0.1, 0.15) is 5.75 Å². The molecule has 1 aromatic carbocycles. The summed E-state index contributed by atoms with van der Waals surface area (Å²) >= 11 is 6.09. The van der Waals surface area contributed by atoms with Crippen LogP contribution in [-0.2, 0) is 0 Å². The van der Waals surface area contributed by atoms with Crippen LogP contribution in [0.5, 0.6) is 5.75 Å². The quantitative estimate of drug-likeness (QED) is 0.828. The summed E-state index contributed by atoms with van der Waals surface area (Å²) in [6, 6.07) is 1.23. The molecule has 0 bridgehead atoms. The van der Waals surface area contributed by atoms with E-state index in [0.717, 1.165) is 11.1 Å². The molecule has 88 valence electrons. The van der Waals surface area contributed by atoms with Crippen molar-refractivity contribution in [3.63, 3.8) is 0 Å². The van der Waals surface area contributed by atoms with Crippen LogP contribution in [0.3, 0.4) is 0 Å². The molecule has 0 saturated heterocycles. The zero-order valence-corrected chi connectivity index (χ0v) is 10.7. The van der Waals surface area contributed by atoms with Crippen LogP contribution in [0.1, 0.15) is 28.4 Å². The number of methoxy groups -OCH3 is 1. The number of hydrogen-bond donors (Lipinski definition) is 1. The molecule has 1 aromatic rings. The molecule has 0 saturated carbocycles. The van der Waals surface area contributed by atoms with E-state index in [-0.39, 0.29) is 5.78 Å². The Labute approximate surface area is 101 Å². The van der Waals surface area contributed by atoms with Crippen molar-refractivity contribution < 1.29 is 9.53 Å². The first-order valence-electron chi connectivity index (χ1n) is 5.03. The Morgan fingerprint density at radius 1 is 1.50 bits per heavy atom. The van der Waals surface area contributed by atoms with Crippen molar-refractivity contribution in [1.82, 2.24) is 0 Å². The lowest BCUT2D eigenvalue weighted by atomic mass is 9.97. The maximum absolute atomic E-state index is 11.9. The van der Waals surface area contributed by atoms with Gasteiger partial charge in [-0.25, -0.2) is 0 Å². The molecule has 0 aromatic heterocycles. The summed E-state index contributed by atoms with van der Waals surface area (Å²) in [4.78, 5) is 11.9. The fourth-order valence-corrected chi connectivity index (χ4v) is 1.87. The Balaban J connectivity index is 3.43. The minimum atomic E-state index is -0.524. The van der Waals surface area contributed by atoms with E-state index in [9.17, 15) is 4.79 Å². The highest BCUT2D eigenvalue weighted by atomic mass is 35.5. The van der Waals surface area contributed by atoms with Gasteiger partial charge in [0.25, 0.3) is 0 Å². The molecule has 1 atom stereocenters. The van der Waals surface area contributed by atoms with E-state index in [0.29, 0.717) is 16.3 Å². The second kappa shape index (κ2) is 4.85. The highest BCUT2D eigenvalue weighted by molar-refractivity contribution is 6.33. The molecule has 1 unspecified atom stereocenters. The molecule has 0 spiro atoms. The van der Waals surface area contributed by atoms with Crippen molar-refractivity contribution in [3.05, 3.63) is 27.8 Å². The van der Waals surface area contributed by atoms with E-state index >= 15 is 0 Å². The molecular weight excluding hydrogens is 226 g/mol. The van der Waals surface area contributed by atoms with Crippen LogP contribution in [-0.4, -0.2) is 18.9 Å². The molecule has 0 amide bonds. The summed E-state index contributed by atoms with van der Waals surface area (Å²) in [5, 5.41) is 0.543. The van der Waals surface area contributed by atoms with E-state index < -0.39 is 6.04 Å². The minimum Gasteiger partial charge on any atom is -0.495 e. The molecule has 1 rings (SSSR count). The molecule has 0 aliphatic heterocycles. The van der Waals surface area contributed by atoms with Gasteiger partial charge in [0.05, 0.1) is 18.2 Å². The highest BCUT2D eigenvalue weighted by Gasteiger charge is 2.19. The monoisotopic (exact) mass is 241 g/mol. The van der Waals surface area contributed by atoms with Crippen molar-refractivity contribution >= 4 is 17.4 Å². The fraction of sp³-hybridized carbons (Fsp3) is 0.417. The topological polar surface area (TPSA) is 52.3 Å². The number of ether oxygens (including phenoxy) is 1. The van der Waals surface area contributed by atoms with Crippen molar-refractivity contribution in [1.29, 1.82) is 0 Å². The fourth-order valence-electron chi connectivity index (χ4n) is 1.60. The van der Waals surface area contributed by atoms with Gasteiger partial charge in [-0.3, -0.25) is 4.79 Å². The number of aryl methyl sites for hydroxylation is 1. The summed E-state index contributed by atoms with van der Waals surface area (Å²) in [5.41, 5.74) is 7.72. The van der Waals surface area contributed by atoms with Gasteiger partial charge >= 0.3 is 0 Å². The van der Waals surface area contributed by atoms with E-state index in [1.165, 1.54) is 7.11 Å². The standard InChI is InChI=1S/C12H16ClNO2/c1-6-5-9(11(15)8(3)14)7(2)12(16-4)10(6)13/h5,8H,14H2,1-4H3. The molecule has 0 aliphatic rings. The number of nitrogens with two attached hydrogens (primary N) is 1. The Bertz CT molecular complexity index is 428. The summed E-state index contributed by atoms with van der Waals surface area (Å²) in [7, 11) is 1.54. The average molecular weight is 242 g/mol. The Kier molecular flexibility index (Phi) is 3.94.